The van der Waals surface area contributed by atoms with E-state index in [2.05, 4.69) is 25.7 Å². The monoisotopic (exact) mass is 432 g/mol. The zero-order valence-electron chi connectivity index (χ0n) is 15.6. The Balaban J connectivity index is 1.49. The molecule has 0 saturated carbocycles. The molecule has 0 spiro atoms. The molecule has 30 heavy (non-hydrogen) atoms. The van der Waals surface area contributed by atoms with Gasteiger partial charge in [0.15, 0.2) is 5.13 Å². The number of halogens is 2. The predicted octanol–water partition coefficient (Wildman–Crippen LogP) is 4.56. The minimum atomic E-state index is -2.95. The quantitative estimate of drug-likeness (QED) is 0.487. The predicted molar refractivity (Wildman–Crippen MR) is 111 cm³/mol. The maximum Gasteiger partial charge on any atom is 0.387 e. The van der Waals surface area contributed by atoms with Crippen LogP contribution in [0.1, 0.15) is 6.42 Å². The van der Waals surface area contributed by atoms with Gasteiger partial charge in [-0.1, -0.05) is 30.3 Å². The average Bonchev–Trinajstić information content (AvgIpc) is 3.17. The van der Waals surface area contributed by atoms with E-state index in [4.69, 9.17) is 0 Å². The van der Waals surface area contributed by atoms with Crippen LogP contribution in [0.2, 0.25) is 0 Å². The maximum atomic E-state index is 12.6. The highest BCUT2D eigenvalue weighted by Gasteiger charge is 2.14. The summed E-state index contributed by atoms with van der Waals surface area (Å²) in [5, 5.41) is 9.81. The summed E-state index contributed by atoms with van der Waals surface area (Å²) >= 11 is 1.16. The van der Waals surface area contributed by atoms with E-state index < -0.39 is 12.6 Å². The fraction of sp³-hybridized carbons (Fsp3) is 0.150. The lowest BCUT2D eigenvalue weighted by atomic mass is 10.1. The van der Waals surface area contributed by atoms with Crippen molar-refractivity contribution in [2.24, 2.45) is 0 Å². The normalized spacial score (nSPS) is 10.5. The van der Waals surface area contributed by atoms with E-state index in [0.717, 1.165) is 11.3 Å². The number of benzene rings is 2. The van der Waals surface area contributed by atoms with Gasteiger partial charge in [0.05, 0.1) is 5.69 Å². The summed E-state index contributed by atoms with van der Waals surface area (Å²) in [5.74, 6) is -0.336. The van der Waals surface area contributed by atoms with Crippen LogP contribution in [0.4, 0.5) is 24.4 Å². The number of ether oxygens (including phenoxy) is 1. The van der Waals surface area contributed by atoms with Crippen LogP contribution in [-0.2, 0) is 4.79 Å². The van der Waals surface area contributed by atoms with E-state index in [9.17, 15) is 18.4 Å². The first-order chi connectivity index (χ1) is 14.5. The lowest BCUT2D eigenvalue weighted by Crippen LogP contribution is -2.31. The zero-order valence-corrected chi connectivity index (χ0v) is 16.4. The van der Waals surface area contributed by atoms with Crippen LogP contribution in [0.3, 0.4) is 0 Å². The first kappa shape index (κ1) is 21.2. The highest BCUT2D eigenvalue weighted by molar-refractivity contribution is 7.14. The Morgan fingerprint density at radius 2 is 1.77 bits per heavy atom. The van der Waals surface area contributed by atoms with Gasteiger partial charge in [0.25, 0.3) is 0 Å². The average molecular weight is 432 g/mol. The molecule has 0 atom stereocenters. The molecule has 3 amide bonds. The van der Waals surface area contributed by atoms with Crippen LogP contribution in [-0.4, -0.2) is 30.1 Å². The number of carbonyl (C=O) groups excluding carboxylic acids is 2. The number of thiazole rings is 1. The molecule has 3 aromatic rings. The number of urea groups is 1. The van der Waals surface area contributed by atoms with Crippen molar-refractivity contribution in [1.29, 1.82) is 0 Å². The van der Waals surface area contributed by atoms with E-state index in [1.54, 1.807) is 47.8 Å². The first-order valence-corrected chi connectivity index (χ1v) is 9.79. The van der Waals surface area contributed by atoms with Gasteiger partial charge in [-0.2, -0.15) is 8.78 Å². The van der Waals surface area contributed by atoms with E-state index in [-0.39, 0.29) is 24.6 Å². The minimum Gasteiger partial charge on any atom is -0.434 e. The van der Waals surface area contributed by atoms with Gasteiger partial charge in [-0.25, -0.2) is 9.78 Å². The summed E-state index contributed by atoms with van der Waals surface area (Å²) in [6.07, 6.45) is 0.0439. The van der Waals surface area contributed by atoms with Crippen LogP contribution >= 0.6 is 11.3 Å². The number of rotatable bonds is 8. The standard InChI is InChI=1S/C20H18F2N4O3S/c21-18(22)29-16-9-5-4-8-14(16)15-12-30-20(25-15)26-17(27)10-11-23-19(28)24-13-6-2-1-3-7-13/h1-9,12,18H,10-11H2,(H2,23,24,28)(H,25,26,27). The van der Waals surface area contributed by atoms with Crippen LogP contribution < -0.4 is 20.7 Å². The third kappa shape index (κ3) is 6.24. The molecule has 2 aromatic carbocycles. The molecule has 0 unspecified atom stereocenters. The Hall–Kier alpha value is -3.53. The zero-order chi connectivity index (χ0) is 21.3. The van der Waals surface area contributed by atoms with E-state index in [1.807, 2.05) is 6.07 Å². The summed E-state index contributed by atoms with van der Waals surface area (Å²) in [7, 11) is 0. The van der Waals surface area contributed by atoms with Gasteiger partial charge in [-0.3, -0.25) is 4.79 Å². The molecule has 156 valence electrons. The summed E-state index contributed by atoms with van der Waals surface area (Å²) in [6.45, 7) is -2.82. The molecule has 0 aliphatic heterocycles. The minimum absolute atomic E-state index is 0.00399. The third-order valence-electron chi connectivity index (χ3n) is 3.80. The lowest BCUT2D eigenvalue weighted by Gasteiger charge is -2.08. The molecule has 0 saturated heterocycles. The Kier molecular flexibility index (Phi) is 7.28. The molecular weight excluding hydrogens is 414 g/mol. The molecule has 1 heterocycles. The van der Waals surface area contributed by atoms with Crippen molar-refractivity contribution in [3.63, 3.8) is 0 Å². The van der Waals surface area contributed by atoms with Gasteiger partial charge in [-0.15, -0.1) is 11.3 Å². The van der Waals surface area contributed by atoms with E-state index >= 15 is 0 Å². The Morgan fingerprint density at radius 1 is 1.03 bits per heavy atom. The molecule has 0 aliphatic carbocycles. The van der Waals surface area contributed by atoms with Gasteiger partial charge < -0.3 is 20.7 Å². The SMILES string of the molecule is O=C(CCNC(=O)Nc1ccccc1)Nc1nc(-c2ccccc2OC(F)F)cs1. The molecule has 1 aromatic heterocycles. The second-order valence-corrected chi connectivity index (χ2v) is 6.82. The molecule has 3 rings (SSSR count). The van der Waals surface area contributed by atoms with Crippen LogP contribution in [0.25, 0.3) is 11.3 Å². The molecule has 3 N–H and O–H groups in total. The van der Waals surface area contributed by atoms with Crippen LogP contribution in [0.15, 0.2) is 60.0 Å². The van der Waals surface area contributed by atoms with Gasteiger partial charge in [0, 0.05) is 29.6 Å². The second kappa shape index (κ2) is 10.3. The van der Waals surface area contributed by atoms with Gasteiger partial charge in [0.2, 0.25) is 5.91 Å². The number of alkyl halides is 2. The fourth-order valence-electron chi connectivity index (χ4n) is 2.50. The Labute approximate surface area is 175 Å². The van der Waals surface area contributed by atoms with Crippen LogP contribution in [0.5, 0.6) is 5.75 Å². The van der Waals surface area contributed by atoms with Crippen LogP contribution in [0, 0.1) is 0 Å². The van der Waals surface area contributed by atoms with Crippen molar-refractivity contribution in [3.8, 4) is 17.0 Å². The van der Waals surface area contributed by atoms with Crippen molar-refractivity contribution in [1.82, 2.24) is 10.3 Å². The smallest absolute Gasteiger partial charge is 0.387 e. The van der Waals surface area contributed by atoms with E-state index in [0.29, 0.717) is 22.1 Å². The molecule has 0 radical (unpaired) electrons. The van der Waals surface area contributed by atoms with Crippen molar-refractivity contribution >= 4 is 34.1 Å². The summed E-state index contributed by atoms with van der Waals surface area (Å²) in [6, 6.07) is 14.8. The number of nitrogens with one attached hydrogen (secondary N) is 3. The van der Waals surface area contributed by atoms with Crippen molar-refractivity contribution in [3.05, 3.63) is 60.0 Å². The molecule has 7 nitrogen and oxygen atoms in total. The summed E-state index contributed by atoms with van der Waals surface area (Å²) < 4.78 is 29.6. The highest BCUT2D eigenvalue weighted by Crippen LogP contribution is 2.32. The number of anilines is 2. The maximum absolute atomic E-state index is 12.6. The molecular formula is C20H18F2N4O3S. The lowest BCUT2D eigenvalue weighted by molar-refractivity contribution is -0.116. The fourth-order valence-corrected chi connectivity index (χ4v) is 3.23. The number of amides is 3. The summed E-state index contributed by atoms with van der Waals surface area (Å²) in [4.78, 5) is 28.1. The topological polar surface area (TPSA) is 92.4 Å². The Morgan fingerprint density at radius 3 is 2.53 bits per heavy atom. The molecule has 0 bridgehead atoms. The van der Waals surface area contributed by atoms with Gasteiger partial charge >= 0.3 is 12.6 Å². The Bertz CT molecular complexity index is 998. The number of aromatic nitrogens is 1. The third-order valence-corrected chi connectivity index (χ3v) is 4.56. The molecule has 0 fully saturated rings. The summed E-state index contributed by atoms with van der Waals surface area (Å²) in [5.41, 5.74) is 1.45. The number of hydrogen-bond donors (Lipinski definition) is 3. The van der Waals surface area contributed by atoms with Gasteiger partial charge in [-0.05, 0) is 24.3 Å². The molecule has 10 heteroatoms. The largest absolute Gasteiger partial charge is 0.434 e. The number of para-hydroxylation sites is 2. The number of nitrogens with zero attached hydrogens (tertiary/aromatic N) is 1. The van der Waals surface area contributed by atoms with Crippen molar-refractivity contribution in [2.75, 3.05) is 17.2 Å². The first-order valence-electron chi connectivity index (χ1n) is 8.91. The highest BCUT2D eigenvalue weighted by atomic mass is 32.1. The second-order valence-electron chi connectivity index (χ2n) is 5.96. The number of hydrogen-bond acceptors (Lipinski definition) is 5. The van der Waals surface area contributed by atoms with Crippen molar-refractivity contribution in [2.45, 2.75) is 13.0 Å². The molecule has 0 aliphatic rings. The number of carbonyl (C=O) groups is 2. The van der Waals surface area contributed by atoms with Gasteiger partial charge in [0.1, 0.15) is 5.75 Å². The van der Waals surface area contributed by atoms with Crippen molar-refractivity contribution < 1.29 is 23.1 Å². The van der Waals surface area contributed by atoms with E-state index in [1.165, 1.54) is 6.07 Å².